The summed E-state index contributed by atoms with van der Waals surface area (Å²) in [6, 6.07) is 0. The number of halogens is 1. The van der Waals surface area contributed by atoms with Gasteiger partial charge in [0.05, 0.1) is 0 Å². The third-order valence-electron chi connectivity index (χ3n) is 2.94. The molecule has 0 spiro atoms. The molecule has 0 aromatic heterocycles. The van der Waals surface area contributed by atoms with E-state index in [0.29, 0.717) is 6.42 Å². The SMILES string of the molecule is CNCCC(C)(F)C1CCOCC1. The van der Waals surface area contributed by atoms with Gasteiger partial charge in [-0.05, 0) is 45.7 Å². The van der Waals surface area contributed by atoms with Gasteiger partial charge < -0.3 is 10.1 Å². The highest BCUT2D eigenvalue weighted by molar-refractivity contribution is 4.84. The molecule has 0 bridgehead atoms. The van der Waals surface area contributed by atoms with Gasteiger partial charge in [-0.1, -0.05) is 0 Å². The van der Waals surface area contributed by atoms with E-state index in [1.165, 1.54) is 0 Å². The molecule has 3 heteroatoms. The second kappa shape index (κ2) is 4.91. The Balaban J connectivity index is 2.36. The van der Waals surface area contributed by atoms with Crippen molar-refractivity contribution in [2.75, 3.05) is 26.8 Å². The van der Waals surface area contributed by atoms with Crippen molar-refractivity contribution in [1.82, 2.24) is 5.32 Å². The first-order valence-electron chi connectivity index (χ1n) is 5.08. The van der Waals surface area contributed by atoms with Crippen LogP contribution in [-0.4, -0.2) is 32.5 Å². The van der Waals surface area contributed by atoms with E-state index in [9.17, 15) is 4.39 Å². The predicted octanol–water partition coefficient (Wildman–Crippen LogP) is 1.75. The first-order valence-corrected chi connectivity index (χ1v) is 5.08. The zero-order valence-corrected chi connectivity index (χ0v) is 8.61. The maximum Gasteiger partial charge on any atom is 0.112 e. The van der Waals surface area contributed by atoms with Gasteiger partial charge in [-0.3, -0.25) is 0 Å². The number of ether oxygens (including phenoxy) is 1. The molecule has 1 heterocycles. The molecular weight excluding hydrogens is 169 g/mol. The zero-order valence-electron chi connectivity index (χ0n) is 8.61. The summed E-state index contributed by atoms with van der Waals surface area (Å²) >= 11 is 0. The molecule has 1 fully saturated rings. The Morgan fingerprint density at radius 1 is 1.46 bits per heavy atom. The Labute approximate surface area is 79.8 Å². The van der Waals surface area contributed by atoms with Crippen molar-refractivity contribution >= 4 is 0 Å². The number of alkyl halides is 1. The van der Waals surface area contributed by atoms with E-state index in [-0.39, 0.29) is 5.92 Å². The molecule has 1 aliphatic rings. The Morgan fingerprint density at radius 3 is 2.62 bits per heavy atom. The highest BCUT2D eigenvalue weighted by Crippen LogP contribution is 2.32. The summed E-state index contributed by atoms with van der Waals surface area (Å²) in [5, 5.41) is 2.99. The molecule has 0 amide bonds. The molecule has 1 unspecified atom stereocenters. The highest BCUT2D eigenvalue weighted by atomic mass is 19.1. The van der Waals surface area contributed by atoms with Crippen LogP contribution in [0.4, 0.5) is 4.39 Å². The fourth-order valence-electron chi connectivity index (χ4n) is 1.87. The van der Waals surface area contributed by atoms with Crippen LogP contribution in [0.3, 0.4) is 0 Å². The van der Waals surface area contributed by atoms with Crippen LogP contribution in [0.15, 0.2) is 0 Å². The Morgan fingerprint density at radius 2 is 2.08 bits per heavy atom. The van der Waals surface area contributed by atoms with Crippen molar-refractivity contribution in [2.24, 2.45) is 5.92 Å². The van der Waals surface area contributed by atoms with E-state index in [1.54, 1.807) is 6.92 Å². The zero-order chi connectivity index (χ0) is 9.73. The molecule has 0 aliphatic carbocycles. The third kappa shape index (κ3) is 3.24. The van der Waals surface area contributed by atoms with Gasteiger partial charge in [-0.25, -0.2) is 4.39 Å². The fraction of sp³-hybridized carbons (Fsp3) is 1.00. The lowest BCUT2D eigenvalue weighted by atomic mass is 9.82. The third-order valence-corrected chi connectivity index (χ3v) is 2.94. The summed E-state index contributed by atoms with van der Waals surface area (Å²) in [5.41, 5.74) is -1.02. The maximum atomic E-state index is 14.1. The molecule has 13 heavy (non-hydrogen) atoms. The summed E-state index contributed by atoms with van der Waals surface area (Å²) in [6.45, 7) is 3.93. The predicted molar refractivity (Wildman–Crippen MR) is 51.6 cm³/mol. The van der Waals surface area contributed by atoms with Gasteiger partial charge in [-0.2, -0.15) is 0 Å². The van der Waals surface area contributed by atoms with Crippen LogP contribution in [0, 0.1) is 5.92 Å². The van der Waals surface area contributed by atoms with Crippen LogP contribution in [0.5, 0.6) is 0 Å². The van der Waals surface area contributed by atoms with E-state index in [1.807, 2.05) is 7.05 Å². The molecule has 1 atom stereocenters. The minimum absolute atomic E-state index is 0.189. The first kappa shape index (κ1) is 10.9. The van der Waals surface area contributed by atoms with Crippen LogP contribution in [0.25, 0.3) is 0 Å². The molecule has 0 saturated carbocycles. The molecule has 1 N–H and O–H groups in total. The average Bonchev–Trinajstić information content (AvgIpc) is 2.16. The van der Waals surface area contributed by atoms with Crippen molar-refractivity contribution in [3.63, 3.8) is 0 Å². The summed E-state index contributed by atoms with van der Waals surface area (Å²) in [7, 11) is 1.86. The van der Waals surface area contributed by atoms with Gasteiger partial charge in [0.2, 0.25) is 0 Å². The second-order valence-corrected chi connectivity index (χ2v) is 4.02. The van der Waals surface area contributed by atoms with Crippen LogP contribution in [-0.2, 0) is 4.74 Å². The van der Waals surface area contributed by atoms with Crippen LogP contribution >= 0.6 is 0 Å². The molecule has 78 valence electrons. The highest BCUT2D eigenvalue weighted by Gasteiger charge is 2.34. The number of hydrogen-bond donors (Lipinski definition) is 1. The van der Waals surface area contributed by atoms with E-state index in [0.717, 1.165) is 32.6 Å². The first-order chi connectivity index (χ1) is 6.17. The summed E-state index contributed by atoms with van der Waals surface area (Å²) in [5.74, 6) is 0.189. The summed E-state index contributed by atoms with van der Waals surface area (Å²) in [6.07, 6.45) is 2.35. The quantitative estimate of drug-likeness (QED) is 0.727. The lowest BCUT2D eigenvalue weighted by molar-refractivity contribution is -0.00606. The van der Waals surface area contributed by atoms with Crippen molar-refractivity contribution in [3.8, 4) is 0 Å². The van der Waals surface area contributed by atoms with E-state index in [2.05, 4.69) is 5.32 Å². The molecule has 0 aromatic carbocycles. The van der Waals surface area contributed by atoms with E-state index in [4.69, 9.17) is 4.74 Å². The molecule has 1 saturated heterocycles. The average molecular weight is 189 g/mol. The van der Waals surface area contributed by atoms with Gasteiger partial charge >= 0.3 is 0 Å². The fourth-order valence-corrected chi connectivity index (χ4v) is 1.87. The van der Waals surface area contributed by atoms with Crippen LogP contribution < -0.4 is 5.32 Å². The van der Waals surface area contributed by atoms with Crippen molar-refractivity contribution in [2.45, 2.75) is 31.9 Å². The smallest absolute Gasteiger partial charge is 0.112 e. The molecule has 0 radical (unpaired) electrons. The Hall–Kier alpha value is -0.150. The maximum absolute atomic E-state index is 14.1. The number of hydrogen-bond acceptors (Lipinski definition) is 2. The second-order valence-electron chi connectivity index (χ2n) is 4.02. The van der Waals surface area contributed by atoms with Crippen molar-refractivity contribution in [1.29, 1.82) is 0 Å². The molecule has 1 aliphatic heterocycles. The van der Waals surface area contributed by atoms with Gasteiger partial charge in [-0.15, -0.1) is 0 Å². The Bertz CT molecular complexity index is 144. The van der Waals surface area contributed by atoms with Crippen LogP contribution in [0.2, 0.25) is 0 Å². The largest absolute Gasteiger partial charge is 0.381 e. The standard InChI is InChI=1S/C10H20FNO/c1-10(11,5-6-12-2)9-3-7-13-8-4-9/h9,12H,3-8H2,1-2H3. The monoisotopic (exact) mass is 189 g/mol. The van der Waals surface area contributed by atoms with Crippen molar-refractivity contribution < 1.29 is 9.13 Å². The molecule has 0 aromatic rings. The molecular formula is C10H20FNO. The van der Waals surface area contributed by atoms with Gasteiger partial charge in [0, 0.05) is 13.2 Å². The van der Waals surface area contributed by atoms with Crippen molar-refractivity contribution in [3.05, 3.63) is 0 Å². The minimum atomic E-state index is -1.02. The van der Waals surface area contributed by atoms with E-state index < -0.39 is 5.67 Å². The summed E-state index contributed by atoms with van der Waals surface area (Å²) < 4.78 is 19.3. The number of nitrogens with one attached hydrogen (secondary N) is 1. The van der Waals surface area contributed by atoms with Gasteiger partial charge in [0.15, 0.2) is 0 Å². The van der Waals surface area contributed by atoms with Gasteiger partial charge in [0.1, 0.15) is 5.67 Å². The topological polar surface area (TPSA) is 21.3 Å². The normalized spacial score (nSPS) is 24.2. The van der Waals surface area contributed by atoms with Gasteiger partial charge in [0.25, 0.3) is 0 Å². The Kier molecular flexibility index (Phi) is 4.13. The van der Waals surface area contributed by atoms with Crippen LogP contribution in [0.1, 0.15) is 26.2 Å². The number of rotatable bonds is 4. The lowest BCUT2D eigenvalue weighted by Crippen LogP contribution is -2.36. The minimum Gasteiger partial charge on any atom is -0.381 e. The lowest BCUT2D eigenvalue weighted by Gasteiger charge is -2.33. The molecule has 2 nitrogen and oxygen atoms in total. The van der Waals surface area contributed by atoms with E-state index >= 15 is 0 Å². The summed E-state index contributed by atoms with van der Waals surface area (Å²) in [4.78, 5) is 0. The molecule has 1 rings (SSSR count).